The molecule has 0 bridgehead atoms. The second-order valence-electron chi connectivity index (χ2n) is 4.70. The number of aliphatic imine (C=N–C) groups is 1. The van der Waals surface area contributed by atoms with Gasteiger partial charge in [0.15, 0.2) is 11.7 Å². The van der Waals surface area contributed by atoms with Gasteiger partial charge in [0.1, 0.15) is 5.01 Å². The second-order valence-corrected chi connectivity index (χ2v) is 8.19. The Bertz CT molecular complexity index is 682. The average Bonchev–Trinajstić information content (AvgIpc) is 3.13. The van der Waals surface area contributed by atoms with E-state index in [2.05, 4.69) is 42.6 Å². The Morgan fingerprint density at radius 1 is 1.33 bits per heavy atom. The van der Waals surface area contributed by atoms with Crippen molar-refractivity contribution in [3.05, 3.63) is 36.9 Å². The summed E-state index contributed by atoms with van der Waals surface area (Å²) < 4.78 is 38.7. The number of hydrogen-bond donors (Lipinski definition) is 2. The lowest BCUT2D eigenvalue weighted by molar-refractivity contribution is -0.140. The molecule has 0 saturated heterocycles. The van der Waals surface area contributed by atoms with Crippen LogP contribution in [0.2, 0.25) is 0 Å². The monoisotopic (exact) mass is 440 g/mol. The molecule has 4 nitrogen and oxygen atoms in total. The Hall–Kier alpha value is -1.13. The highest BCUT2D eigenvalue weighted by Gasteiger charge is 2.33. The largest absolute Gasteiger partial charge is 0.434 e. The molecule has 0 aliphatic heterocycles. The third-order valence-electron chi connectivity index (χ3n) is 2.85. The summed E-state index contributed by atoms with van der Waals surface area (Å²) in [5, 5.41) is 7.59. The van der Waals surface area contributed by atoms with Crippen LogP contribution in [-0.2, 0) is 19.1 Å². The maximum atomic E-state index is 12.5. The van der Waals surface area contributed by atoms with Gasteiger partial charge in [-0.25, -0.2) is 9.98 Å². The fourth-order valence-corrected chi connectivity index (χ4v) is 4.00. The summed E-state index contributed by atoms with van der Waals surface area (Å²) in [6.45, 7) is 3.39. The molecule has 0 aliphatic rings. The molecule has 0 radical (unpaired) electrons. The SMILES string of the molecule is CCNC(=NCc1nc(C(F)(F)F)cs1)NCCc1ccc(Br)s1. The highest BCUT2D eigenvalue weighted by atomic mass is 79.9. The third-order valence-corrected chi connectivity index (χ3v) is 5.37. The molecule has 0 atom stereocenters. The van der Waals surface area contributed by atoms with Crippen molar-refractivity contribution in [2.24, 2.45) is 4.99 Å². The Balaban J connectivity index is 1.89. The van der Waals surface area contributed by atoms with Crippen LogP contribution in [0.15, 0.2) is 26.3 Å². The lowest BCUT2D eigenvalue weighted by atomic mass is 10.3. The number of halogens is 4. The van der Waals surface area contributed by atoms with E-state index in [1.807, 2.05) is 13.0 Å². The molecule has 10 heteroatoms. The predicted octanol–water partition coefficient (Wildman–Crippen LogP) is 4.28. The molecule has 0 fully saturated rings. The van der Waals surface area contributed by atoms with Crippen LogP contribution >= 0.6 is 38.6 Å². The van der Waals surface area contributed by atoms with E-state index in [9.17, 15) is 13.2 Å². The van der Waals surface area contributed by atoms with E-state index in [1.54, 1.807) is 11.3 Å². The maximum absolute atomic E-state index is 12.5. The number of alkyl halides is 3. The normalized spacial score (nSPS) is 12.5. The van der Waals surface area contributed by atoms with Crippen LogP contribution < -0.4 is 10.6 Å². The van der Waals surface area contributed by atoms with Gasteiger partial charge in [-0.15, -0.1) is 22.7 Å². The standard InChI is InChI=1S/C14H16BrF3N4S2/c1-2-19-13(20-6-5-9-3-4-11(15)24-9)21-7-12-22-10(8-23-12)14(16,17)18/h3-4,8H,2,5-7H2,1H3,(H2,19,20,21). The van der Waals surface area contributed by atoms with Crippen molar-refractivity contribution in [3.63, 3.8) is 0 Å². The first kappa shape index (κ1) is 19.2. The van der Waals surface area contributed by atoms with Crippen molar-refractivity contribution in [2.75, 3.05) is 13.1 Å². The van der Waals surface area contributed by atoms with E-state index >= 15 is 0 Å². The number of guanidine groups is 1. The van der Waals surface area contributed by atoms with Gasteiger partial charge >= 0.3 is 6.18 Å². The number of hydrogen-bond acceptors (Lipinski definition) is 4. The van der Waals surface area contributed by atoms with E-state index in [-0.39, 0.29) is 6.54 Å². The van der Waals surface area contributed by atoms with Crippen molar-refractivity contribution in [1.82, 2.24) is 15.6 Å². The van der Waals surface area contributed by atoms with E-state index in [1.165, 1.54) is 4.88 Å². The number of rotatable bonds is 6. The number of nitrogens with one attached hydrogen (secondary N) is 2. The minimum atomic E-state index is -4.41. The lowest BCUT2D eigenvalue weighted by Crippen LogP contribution is -2.38. The second kappa shape index (κ2) is 8.82. The van der Waals surface area contributed by atoms with Gasteiger partial charge in [-0.05, 0) is 41.4 Å². The molecule has 2 rings (SSSR count). The average molecular weight is 441 g/mol. The van der Waals surface area contributed by atoms with E-state index < -0.39 is 11.9 Å². The summed E-state index contributed by atoms with van der Waals surface area (Å²) in [6, 6.07) is 4.05. The number of aromatic nitrogens is 1. The molecule has 24 heavy (non-hydrogen) atoms. The van der Waals surface area contributed by atoms with Gasteiger partial charge in [0.2, 0.25) is 0 Å². The van der Waals surface area contributed by atoms with Crippen LogP contribution in [0.5, 0.6) is 0 Å². The topological polar surface area (TPSA) is 49.3 Å². The third kappa shape index (κ3) is 6.06. The first-order valence-corrected chi connectivity index (χ1v) is 9.65. The summed E-state index contributed by atoms with van der Waals surface area (Å²) >= 11 is 6.05. The van der Waals surface area contributed by atoms with Crippen LogP contribution in [0, 0.1) is 0 Å². The van der Waals surface area contributed by atoms with Crippen molar-refractivity contribution >= 4 is 44.6 Å². The van der Waals surface area contributed by atoms with Crippen molar-refractivity contribution in [2.45, 2.75) is 26.1 Å². The summed E-state index contributed by atoms with van der Waals surface area (Å²) in [7, 11) is 0. The van der Waals surface area contributed by atoms with Gasteiger partial charge in [0.05, 0.1) is 10.3 Å². The van der Waals surface area contributed by atoms with Crippen molar-refractivity contribution in [3.8, 4) is 0 Å². The summed E-state index contributed by atoms with van der Waals surface area (Å²) in [5.74, 6) is 0.567. The summed E-state index contributed by atoms with van der Waals surface area (Å²) in [4.78, 5) is 9.09. The predicted molar refractivity (Wildman–Crippen MR) is 95.7 cm³/mol. The molecule has 132 valence electrons. The van der Waals surface area contributed by atoms with Crippen molar-refractivity contribution < 1.29 is 13.2 Å². The Morgan fingerprint density at radius 3 is 2.71 bits per heavy atom. The quantitative estimate of drug-likeness (QED) is 0.520. The summed E-state index contributed by atoms with van der Waals surface area (Å²) in [5.41, 5.74) is -0.862. The van der Waals surface area contributed by atoms with Gasteiger partial charge in [0.25, 0.3) is 0 Å². The van der Waals surface area contributed by atoms with Gasteiger partial charge in [-0.3, -0.25) is 0 Å². The Labute approximate surface area is 154 Å². The minimum Gasteiger partial charge on any atom is -0.357 e. The molecule has 0 amide bonds. The van der Waals surface area contributed by atoms with Crippen LogP contribution in [0.3, 0.4) is 0 Å². The van der Waals surface area contributed by atoms with Gasteiger partial charge < -0.3 is 10.6 Å². The molecule has 0 aromatic carbocycles. The molecular formula is C14H16BrF3N4S2. The van der Waals surface area contributed by atoms with Gasteiger partial charge in [-0.1, -0.05) is 0 Å². The molecule has 2 heterocycles. The van der Waals surface area contributed by atoms with Crippen LogP contribution in [0.25, 0.3) is 0 Å². The van der Waals surface area contributed by atoms with Crippen LogP contribution in [0.4, 0.5) is 13.2 Å². The smallest absolute Gasteiger partial charge is 0.357 e. The fraction of sp³-hybridized carbons (Fsp3) is 0.429. The first-order valence-electron chi connectivity index (χ1n) is 7.16. The number of nitrogens with zero attached hydrogens (tertiary/aromatic N) is 2. The summed E-state index contributed by atoms with van der Waals surface area (Å²) in [6.07, 6.45) is -3.56. The van der Waals surface area contributed by atoms with E-state index in [4.69, 9.17) is 0 Å². The number of thiazole rings is 1. The zero-order valence-corrected chi connectivity index (χ0v) is 16.0. The van der Waals surface area contributed by atoms with Crippen LogP contribution in [0.1, 0.15) is 22.5 Å². The molecule has 0 unspecified atom stereocenters. The maximum Gasteiger partial charge on any atom is 0.434 e. The molecular weight excluding hydrogens is 425 g/mol. The highest BCUT2D eigenvalue weighted by Crippen LogP contribution is 2.30. The lowest BCUT2D eigenvalue weighted by Gasteiger charge is -2.10. The highest BCUT2D eigenvalue weighted by molar-refractivity contribution is 9.11. The fourth-order valence-electron chi connectivity index (χ4n) is 1.79. The molecule has 2 N–H and O–H groups in total. The Kier molecular flexibility index (Phi) is 7.05. The minimum absolute atomic E-state index is 0.112. The molecule has 0 spiro atoms. The molecule has 2 aromatic rings. The zero-order chi connectivity index (χ0) is 17.6. The van der Waals surface area contributed by atoms with Gasteiger partial charge in [0, 0.05) is 23.3 Å². The molecule has 0 aliphatic carbocycles. The van der Waals surface area contributed by atoms with E-state index in [0.29, 0.717) is 24.1 Å². The molecule has 0 saturated carbocycles. The van der Waals surface area contributed by atoms with E-state index in [0.717, 1.165) is 26.9 Å². The van der Waals surface area contributed by atoms with Gasteiger partial charge in [-0.2, -0.15) is 13.2 Å². The van der Waals surface area contributed by atoms with Crippen LogP contribution in [-0.4, -0.2) is 24.0 Å². The number of thiophene rings is 1. The zero-order valence-electron chi connectivity index (χ0n) is 12.8. The first-order chi connectivity index (χ1) is 11.4. The van der Waals surface area contributed by atoms with Crippen molar-refractivity contribution in [1.29, 1.82) is 0 Å². The molecule has 2 aromatic heterocycles. The Morgan fingerprint density at radius 2 is 2.12 bits per heavy atom.